The van der Waals surface area contributed by atoms with Crippen LogP contribution in [0, 0.1) is 6.92 Å². The van der Waals surface area contributed by atoms with E-state index in [4.69, 9.17) is 11.6 Å². The molecular weight excluding hydrogens is 523 g/mol. The largest absolute Gasteiger partial charge is 0.484 e. The fourth-order valence-electron chi connectivity index (χ4n) is 4.53. The maximum atomic E-state index is 13.5. The van der Waals surface area contributed by atoms with Crippen molar-refractivity contribution < 1.29 is 41.0 Å². The Bertz CT molecular complexity index is 1290. The zero-order chi connectivity index (χ0) is 26.5. The maximum absolute atomic E-state index is 13.5. The first-order chi connectivity index (χ1) is 16.7. The highest BCUT2D eigenvalue weighted by molar-refractivity contribution is 7.92. The molecule has 4 rings (SSSR count). The number of aryl methyl sites for hydroxylation is 1. The third kappa shape index (κ3) is 5.04. The Hall–Kier alpha value is -2.79. The molecule has 0 unspecified atom stereocenters. The van der Waals surface area contributed by atoms with Gasteiger partial charge in [0.2, 0.25) is 5.91 Å². The average molecular weight is 546 g/mol. The van der Waals surface area contributed by atoms with Crippen LogP contribution in [-0.4, -0.2) is 60.9 Å². The van der Waals surface area contributed by atoms with E-state index >= 15 is 0 Å². The normalized spacial score (nSPS) is 21.3. The molecule has 1 amide bonds. The van der Waals surface area contributed by atoms with Gasteiger partial charge >= 0.3 is 12.1 Å². The molecule has 0 bridgehead atoms. The molecule has 1 aliphatic heterocycles. The van der Waals surface area contributed by atoms with Crippen LogP contribution in [0.1, 0.15) is 30.4 Å². The summed E-state index contributed by atoms with van der Waals surface area (Å²) >= 11 is 6.08. The first-order valence-electron chi connectivity index (χ1n) is 11.1. The van der Waals surface area contributed by atoms with Gasteiger partial charge in [-0.15, -0.1) is 0 Å². The van der Waals surface area contributed by atoms with E-state index in [1.807, 2.05) is 31.2 Å². The van der Waals surface area contributed by atoms with Crippen molar-refractivity contribution >= 4 is 33.3 Å². The maximum Gasteiger partial charge on any atom is 0.422 e. The van der Waals surface area contributed by atoms with E-state index in [1.54, 1.807) is 0 Å². The monoisotopic (exact) mass is 545 g/mol. The number of rotatable bonds is 7. The topological polar surface area (TPSA) is 101 Å². The van der Waals surface area contributed by atoms with Crippen molar-refractivity contribution in [1.82, 2.24) is 4.90 Å². The molecule has 1 aliphatic carbocycles. The molecule has 2 aliphatic rings. The molecular formula is C24H23ClF3NO6S. The van der Waals surface area contributed by atoms with Gasteiger partial charge in [-0.2, -0.15) is 13.2 Å². The first-order valence-corrected chi connectivity index (χ1v) is 13.0. The lowest BCUT2D eigenvalue weighted by Gasteiger charge is -2.27. The van der Waals surface area contributed by atoms with E-state index in [2.05, 4.69) is 4.74 Å². The summed E-state index contributed by atoms with van der Waals surface area (Å²) in [6.07, 6.45) is -3.86. The third-order valence-corrected chi connectivity index (χ3v) is 9.24. The number of benzene rings is 2. The molecule has 12 heteroatoms. The van der Waals surface area contributed by atoms with Crippen molar-refractivity contribution in [2.75, 3.05) is 13.2 Å². The number of aliphatic carboxylic acids is 1. The lowest BCUT2D eigenvalue weighted by Crippen LogP contribution is -2.46. The number of nitrogens with zero attached hydrogens (tertiary/aromatic N) is 1. The van der Waals surface area contributed by atoms with E-state index in [-0.39, 0.29) is 28.6 Å². The van der Waals surface area contributed by atoms with Gasteiger partial charge in [-0.3, -0.25) is 4.79 Å². The van der Waals surface area contributed by atoms with Gasteiger partial charge in [0, 0.05) is 12.6 Å². The summed E-state index contributed by atoms with van der Waals surface area (Å²) in [6, 6.07) is 9.06. The van der Waals surface area contributed by atoms with Gasteiger partial charge in [0.15, 0.2) is 16.4 Å². The highest BCUT2D eigenvalue weighted by Gasteiger charge is 2.57. The molecule has 0 aromatic heterocycles. The van der Waals surface area contributed by atoms with Crippen LogP contribution >= 0.6 is 11.6 Å². The van der Waals surface area contributed by atoms with Crippen molar-refractivity contribution in [1.29, 1.82) is 0 Å². The Labute approximate surface area is 210 Å². The number of amides is 1. The molecule has 1 heterocycles. The average Bonchev–Trinajstić information content (AvgIpc) is 3.47. The molecule has 1 N–H and O–H groups in total. The number of hydrogen-bond acceptors (Lipinski definition) is 5. The summed E-state index contributed by atoms with van der Waals surface area (Å²) in [5, 5.41) is 8.16. The molecule has 2 aromatic carbocycles. The predicted molar refractivity (Wildman–Crippen MR) is 124 cm³/mol. The number of halogens is 4. The fourth-order valence-corrected chi connectivity index (χ4v) is 6.76. The number of carboxylic acid groups (broad SMARTS) is 1. The van der Waals surface area contributed by atoms with Crippen molar-refractivity contribution in [2.45, 2.75) is 54.0 Å². The lowest BCUT2D eigenvalue weighted by molar-refractivity contribution is -0.153. The molecule has 0 spiro atoms. The van der Waals surface area contributed by atoms with Crippen LogP contribution in [0.25, 0.3) is 0 Å². The van der Waals surface area contributed by atoms with Crippen LogP contribution in [0.5, 0.6) is 5.75 Å². The number of carbonyl (C=O) groups excluding carboxylic acids is 1. The second-order valence-electron chi connectivity index (χ2n) is 9.16. The highest BCUT2D eigenvalue weighted by atomic mass is 35.5. The molecule has 2 atom stereocenters. The number of hydrogen-bond donors (Lipinski definition) is 1. The number of carboxylic acids is 1. The molecule has 0 radical (unpaired) electrons. The van der Waals surface area contributed by atoms with Crippen LogP contribution in [0.15, 0.2) is 47.4 Å². The van der Waals surface area contributed by atoms with Crippen LogP contribution in [0.4, 0.5) is 13.2 Å². The van der Waals surface area contributed by atoms with Crippen LogP contribution in [-0.2, 0) is 24.8 Å². The van der Waals surface area contributed by atoms with Gasteiger partial charge in [0.25, 0.3) is 0 Å². The molecule has 2 fully saturated rings. The lowest BCUT2D eigenvalue weighted by atomic mass is 9.93. The smallest absolute Gasteiger partial charge is 0.422 e. The minimum Gasteiger partial charge on any atom is -0.484 e. The first kappa shape index (κ1) is 26.3. The van der Waals surface area contributed by atoms with Crippen LogP contribution in [0.2, 0.25) is 5.02 Å². The number of likely N-dealkylation sites (tertiary alicyclic amines) is 1. The van der Waals surface area contributed by atoms with Gasteiger partial charge < -0.3 is 14.7 Å². The second kappa shape index (κ2) is 9.26. The number of carbonyl (C=O) groups is 2. The number of alkyl halides is 3. The van der Waals surface area contributed by atoms with Crippen molar-refractivity contribution in [2.24, 2.45) is 0 Å². The van der Waals surface area contributed by atoms with E-state index < -0.39 is 51.2 Å². The number of sulfone groups is 1. The molecule has 1 saturated carbocycles. The Kier molecular flexibility index (Phi) is 6.76. The molecule has 194 valence electrons. The van der Waals surface area contributed by atoms with Crippen molar-refractivity contribution in [3.05, 3.63) is 58.6 Å². The van der Waals surface area contributed by atoms with E-state index in [0.717, 1.165) is 34.2 Å². The summed E-state index contributed by atoms with van der Waals surface area (Å²) in [7, 11) is -4.22. The number of ether oxygens (including phenoxy) is 1. The zero-order valence-electron chi connectivity index (χ0n) is 19.1. The molecule has 36 heavy (non-hydrogen) atoms. The quantitative estimate of drug-likeness (QED) is 0.561. The van der Waals surface area contributed by atoms with Gasteiger partial charge in [0.05, 0.1) is 20.6 Å². The minimum atomic E-state index is -4.58. The zero-order valence-corrected chi connectivity index (χ0v) is 20.7. The van der Waals surface area contributed by atoms with Gasteiger partial charge in [0.1, 0.15) is 11.8 Å². The van der Waals surface area contributed by atoms with Gasteiger partial charge in [-0.05, 0) is 43.9 Å². The van der Waals surface area contributed by atoms with Crippen LogP contribution in [0.3, 0.4) is 0 Å². The SMILES string of the molecule is Cc1ccc(C2(C(=O)N3C[C@H](S(=O)(=O)c4ccc(OCC(F)(F)F)cc4Cl)C[C@H]3C(=O)O)CC2)cc1. The molecule has 1 saturated heterocycles. The molecule has 7 nitrogen and oxygen atoms in total. The van der Waals surface area contributed by atoms with Gasteiger partial charge in [-0.1, -0.05) is 41.4 Å². The third-order valence-electron chi connectivity index (χ3n) is 6.62. The Balaban J connectivity index is 1.58. The second-order valence-corrected chi connectivity index (χ2v) is 11.8. The minimum absolute atomic E-state index is 0.267. The summed E-state index contributed by atoms with van der Waals surface area (Å²) in [5.41, 5.74) is 0.880. The Morgan fingerprint density at radius 1 is 1.17 bits per heavy atom. The summed E-state index contributed by atoms with van der Waals surface area (Å²) < 4.78 is 68.5. The van der Waals surface area contributed by atoms with Gasteiger partial charge in [-0.25, -0.2) is 13.2 Å². The van der Waals surface area contributed by atoms with Crippen molar-refractivity contribution in [3.63, 3.8) is 0 Å². The van der Waals surface area contributed by atoms with E-state index in [0.29, 0.717) is 12.8 Å². The summed E-state index contributed by atoms with van der Waals surface area (Å²) in [4.78, 5) is 26.3. The van der Waals surface area contributed by atoms with E-state index in [1.165, 1.54) is 0 Å². The van der Waals surface area contributed by atoms with E-state index in [9.17, 15) is 36.3 Å². The highest BCUT2D eigenvalue weighted by Crippen LogP contribution is 2.51. The summed E-state index contributed by atoms with van der Waals surface area (Å²) in [6.45, 7) is -0.00573. The standard InChI is InChI=1S/C24H23ClF3NO6S/c1-14-2-4-15(5-3-14)23(8-9-23)22(32)29-12-17(11-19(29)21(30)31)36(33,34)20-7-6-16(10-18(20)25)35-13-24(26,27)28/h2-7,10,17,19H,8-9,11-13H2,1H3,(H,30,31)/t17-,19+/m1/s1. The fraction of sp³-hybridized carbons (Fsp3) is 0.417. The molecule has 2 aromatic rings. The Morgan fingerprint density at radius 3 is 2.33 bits per heavy atom. The van der Waals surface area contributed by atoms with Crippen LogP contribution < -0.4 is 4.74 Å². The summed E-state index contributed by atoms with van der Waals surface area (Å²) in [5.74, 6) is -2.02. The Morgan fingerprint density at radius 2 is 1.81 bits per heavy atom. The predicted octanol–water partition coefficient (Wildman–Crippen LogP) is 4.15. The van der Waals surface area contributed by atoms with Crippen molar-refractivity contribution in [3.8, 4) is 5.75 Å².